The molecule has 2 unspecified atom stereocenters. The molecule has 116 valence electrons. The van der Waals surface area contributed by atoms with Gasteiger partial charge in [0.25, 0.3) is 0 Å². The van der Waals surface area contributed by atoms with Crippen LogP contribution in [0.4, 0.5) is 0 Å². The van der Waals surface area contributed by atoms with Crippen LogP contribution < -0.4 is 0 Å². The average Bonchev–Trinajstić information content (AvgIpc) is 2.38. The largest absolute Gasteiger partial charge is 0.370 e. The lowest BCUT2D eigenvalue weighted by Gasteiger charge is -2.47. The summed E-state index contributed by atoms with van der Waals surface area (Å²) in [4.78, 5) is 0. The van der Waals surface area contributed by atoms with Gasteiger partial charge in [-0.25, -0.2) is 0 Å². The number of piperidine rings is 1. The molecule has 0 aromatic carbocycles. The van der Waals surface area contributed by atoms with E-state index in [0.29, 0.717) is 0 Å². The van der Waals surface area contributed by atoms with E-state index in [0.717, 1.165) is 25.0 Å². The predicted octanol–water partition coefficient (Wildman–Crippen LogP) is 2.12. The van der Waals surface area contributed by atoms with Gasteiger partial charge < -0.3 is 13.7 Å². The van der Waals surface area contributed by atoms with Crippen LogP contribution in [0.25, 0.3) is 0 Å². The summed E-state index contributed by atoms with van der Waals surface area (Å²) in [6.45, 7) is 10.0. The molecular weight excluding hydrogens is 248 g/mol. The number of likely N-dealkylation sites (N-methyl/N-ethyl adjacent to an activating group) is 1. The molecule has 0 amide bonds. The van der Waals surface area contributed by atoms with E-state index in [9.17, 15) is 0 Å². The number of nitrogens with zero attached hydrogens (tertiary/aromatic N) is 2. The summed E-state index contributed by atoms with van der Waals surface area (Å²) in [5.41, 5.74) is 0. The molecule has 3 rings (SSSR count). The highest BCUT2D eigenvalue weighted by Gasteiger charge is 2.39. The Balaban J connectivity index is 1.47. The maximum atomic E-state index is 5.51. The summed E-state index contributed by atoms with van der Waals surface area (Å²) in [6.07, 6.45) is 7.46. The first kappa shape index (κ1) is 14.8. The van der Waals surface area contributed by atoms with Crippen LogP contribution in [0.15, 0.2) is 0 Å². The molecule has 0 N–H and O–H groups in total. The van der Waals surface area contributed by atoms with Gasteiger partial charge in [-0.15, -0.1) is 0 Å². The minimum absolute atomic E-state index is 0.965. The van der Waals surface area contributed by atoms with Gasteiger partial charge in [0.2, 0.25) is 0 Å². The van der Waals surface area contributed by atoms with Crippen molar-refractivity contribution in [2.45, 2.75) is 32.1 Å². The lowest BCUT2D eigenvalue weighted by Crippen LogP contribution is -2.57. The van der Waals surface area contributed by atoms with Crippen LogP contribution in [0, 0.1) is 11.8 Å². The van der Waals surface area contributed by atoms with E-state index >= 15 is 0 Å². The molecular formula is C17H34N2O+2. The Morgan fingerprint density at radius 2 is 1.50 bits per heavy atom. The minimum atomic E-state index is 0.965. The standard InChI is InChI=1S/C17H34N2O/c1-18(9-11-20-12-10-18)7-4-8-19(2)14-16-5-3-6-17(13-16)15-19/h16-17H,3-15H2,1-2H3/q+2. The van der Waals surface area contributed by atoms with Crippen molar-refractivity contribution < 1.29 is 13.7 Å². The second kappa shape index (κ2) is 5.94. The molecule has 1 saturated carbocycles. The van der Waals surface area contributed by atoms with Gasteiger partial charge in [0, 0.05) is 18.3 Å². The third-order valence-corrected chi connectivity index (χ3v) is 6.24. The fraction of sp³-hybridized carbons (Fsp3) is 1.00. The second-order valence-electron chi connectivity index (χ2n) is 8.36. The van der Waals surface area contributed by atoms with E-state index in [1.54, 1.807) is 6.42 Å². The Hall–Kier alpha value is -0.120. The van der Waals surface area contributed by atoms with Crippen molar-refractivity contribution in [2.75, 3.05) is 66.6 Å². The summed E-state index contributed by atoms with van der Waals surface area (Å²) in [6, 6.07) is 0. The number of quaternary nitrogens is 2. The van der Waals surface area contributed by atoms with Crippen LogP contribution >= 0.6 is 0 Å². The van der Waals surface area contributed by atoms with Gasteiger partial charge in [-0.05, 0) is 19.3 Å². The van der Waals surface area contributed by atoms with Gasteiger partial charge in [0.15, 0.2) is 0 Å². The lowest BCUT2D eigenvalue weighted by molar-refractivity contribution is -0.937. The minimum Gasteiger partial charge on any atom is -0.370 e. The van der Waals surface area contributed by atoms with E-state index < -0.39 is 0 Å². The first-order valence-electron chi connectivity index (χ1n) is 8.82. The number of fused-ring (bicyclic) bond motifs is 2. The van der Waals surface area contributed by atoms with Gasteiger partial charge in [0.1, 0.15) is 13.1 Å². The maximum Gasteiger partial charge on any atom is 0.102 e. The van der Waals surface area contributed by atoms with Gasteiger partial charge in [-0.3, -0.25) is 0 Å². The molecule has 0 aromatic heterocycles. The third kappa shape index (κ3) is 3.55. The fourth-order valence-electron chi connectivity index (χ4n) is 5.08. The van der Waals surface area contributed by atoms with Crippen LogP contribution in [0.5, 0.6) is 0 Å². The summed E-state index contributed by atoms with van der Waals surface area (Å²) in [7, 11) is 4.96. The lowest BCUT2D eigenvalue weighted by atomic mass is 9.77. The number of hydrogen-bond donors (Lipinski definition) is 0. The molecule has 1 aliphatic carbocycles. The molecule has 2 saturated heterocycles. The van der Waals surface area contributed by atoms with E-state index in [1.807, 2.05) is 0 Å². The zero-order valence-corrected chi connectivity index (χ0v) is 13.6. The second-order valence-corrected chi connectivity index (χ2v) is 8.36. The summed E-state index contributed by atoms with van der Waals surface area (Å²) in [5.74, 6) is 2.08. The highest BCUT2D eigenvalue weighted by atomic mass is 16.5. The Morgan fingerprint density at radius 1 is 0.900 bits per heavy atom. The number of ether oxygens (including phenoxy) is 1. The van der Waals surface area contributed by atoms with Crippen molar-refractivity contribution in [1.29, 1.82) is 0 Å². The quantitative estimate of drug-likeness (QED) is 0.718. The Morgan fingerprint density at radius 3 is 2.15 bits per heavy atom. The first-order chi connectivity index (χ1) is 9.57. The van der Waals surface area contributed by atoms with Gasteiger partial charge in [-0.2, -0.15) is 0 Å². The monoisotopic (exact) mass is 282 g/mol. The fourth-order valence-corrected chi connectivity index (χ4v) is 5.08. The normalized spacial score (nSPS) is 40.5. The van der Waals surface area contributed by atoms with Crippen LogP contribution in [0.1, 0.15) is 32.1 Å². The van der Waals surface area contributed by atoms with Crippen molar-refractivity contribution in [3.63, 3.8) is 0 Å². The topological polar surface area (TPSA) is 9.23 Å². The molecule has 0 spiro atoms. The molecule has 2 heterocycles. The van der Waals surface area contributed by atoms with E-state index in [2.05, 4.69) is 14.1 Å². The van der Waals surface area contributed by atoms with Crippen LogP contribution in [0.2, 0.25) is 0 Å². The SMILES string of the molecule is C[N+]1(CCC[N+]2(C)CC3CCCC(C3)C2)CCOCC1. The van der Waals surface area contributed by atoms with Crippen LogP contribution in [-0.2, 0) is 4.74 Å². The molecule has 0 radical (unpaired) electrons. The number of hydrogen-bond acceptors (Lipinski definition) is 1. The van der Waals surface area contributed by atoms with Crippen molar-refractivity contribution in [3.05, 3.63) is 0 Å². The van der Waals surface area contributed by atoms with Crippen molar-refractivity contribution >= 4 is 0 Å². The molecule has 3 nitrogen and oxygen atoms in total. The third-order valence-electron chi connectivity index (χ3n) is 6.24. The molecule has 0 aromatic rings. The molecule has 2 aliphatic heterocycles. The van der Waals surface area contributed by atoms with Crippen molar-refractivity contribution in [2.24, 2.45) is 11.8 Å². The summed E-state index contributed by atoms with van der Waals surface area (Å²) < 4.78 is 8.12. The van der Waals surface area contributed by atoms with Crippen molar-refractivity contribution in [1.82, 2.24) is 0 Å². The van der Waals surface area contributed by atoms with E-state index in [1.165, 1.54) is 73.9 Å². The average molecular weight is 282 g/mol. The molecule has 2 bridgehead atoms. The van der Waals surface area contributed by atoms with Gasteiger partial charge in [0.05, 0.1) is 53.5 Å². The van der Waals surface area contributed by atoms with Crippen LogP contribution in [-0.4, -0.2) is 75.5 Å². The van der Waals surface area contributed by atoms with Gasteiger partial charge in [-0.1, -0.05) is 6.42 Å². The summed E-state index contributed by atoms with van der Waals surface area (Å²) >= 11 is 0. The Kier molecular flexibility index (Phi) is 4.40. The zero-order chi connectivity index (χ0) is 14.1. The first-order valence-corrected chi connectivity index (χ1v) is 8.82. The highest BCUT2D eigenvalue weighted by Crippen LogP contribution is 2.37. The summed E-state index contributed by atoms with van der Waals surface area (Å²) in [5, 5.41) is 0. The molecule has 3 heteroatoms. The van der Waals surface area contributed by atoms with Crippen molar-refractivity contribution in [3.8, 4) is 0 Å². The van der Waals surface area contributed by atoms with Crippen LogP contribution in [0.3, 0.4) is 0 Å². The van der Waals surface area contributed by atoms with Gasteiger partial charge >= 0.3 is 0 Å². The molecule has 3 aliphatic rings. The molecule has 2 atom stereocenters. The molecule has 20 heavy (non-hydrogen) atoms. The highest BCUT2D eigenvalue weighted by molar-refractivity contribution is 4.77. The Labute approximate surface area is 125 Å². The number of likely N-dealkylation sites (tertiary alicyclic amines) is 1. The predicted molar refractivity (Wildman–Crippen MR) is 82.5 cm³/mol. The molecule has 3 fully saturated rings. The zero-order valence-electron chi connectivity index (χ0n) is 13.6. The Bertz CT molecular complexity index is 313. The van der Waals surface area contributed by atoms with E-state index in [4.69, 9.17) is 4.74 Å². The maximum absolute atomic E-state index is 5.51. The van der Waals surface area contributed by atoms with E-state index in [-0.39, 0.29) is 0 Å². The number of rotatable bonds is 4. The number of morpholine rings is 1. The smallest absolute Gasteiger partial charge is 0.102 e.